The van der Waals surface area contributed by atoms with Crippen LogP contribution in [0.4, 0.5) is 0 Å². The van der Waals surface area contributed by atoms with Gasteiger partial charge in [0.2, 0.25) is 11.8 Å². The van der Waals surface area contributed by atoms with Gasteiger partial charge < -0.3 is 20.1 Å². The van der Waals surface area contributed by atoms with Crippen molar-refractivity contribution in [3.63, 3.8) is 0 Å². The molecule has 2 saturated heterocycles. The van der Waals surface area contributed by atoms with Crippen LogP contribution in [0.5, 0.6) is 0 Å². The highest BCUT2D eigenvalue weighted by Gasteiger charge is 2.56. The summed E-state index contributed by atoms with van der Waals surface area (Å²) in [5.41, 5.74) is 0. The van der Waals surface area contributed by atoms with Gasteiger partial charge in [-0.3, -0.25) is 9.59 Å². The van der Waals surface area contributed by atoms with Crippen LogP contribution in [-0.4, -0.2) is 50.8 Å². The highest BCUT2D eigenvalue weighted by molar-refractivity contribution is 5.83. The third-order valence-corrected chi connectivity index (χ3v) is 8.83. The number of nitrogens with one attached hydrogen (secondary N) is 2. The molecule has 0 aromatic carbocycles. The Morgan fingerprint density at radius 2 is 1.59 bits per heavy atom. The molecule has 0 aromatic heterocycles. The van der Waals surface area contributed by atoms with Gasteiger partial charge in [-0.2, -0.15) is 0 Å². The second kappa shape index (κ2) is 7.84. The molecule has 2 N–H and O–H groups in total. The first kappa shape index (κ1) is 19.8. The number of carbonyl (C=O) groups excluding carboxylic acids is 2. The molecular formula is C23H36N2O4. The van der Waals surface area contributed by atoms with Gasteiger partial charge in [0.25, 0.3) is 0 Å². The predicted octanol–water partition coefficient (Wildman–Crippen LogP) is 1.98. The molecular weight excluding hydrogens is 368 g/mol. The predicted molar refractivity (Wildman–Crippen MR) is 108 cm³/mol. The molecule has 162 valence electrons. The maximum atomic E-state index is 13.1. The Labute approximate surface area is 173 Å². The monoisotopic (exact) mass is 404 g/mol. The smallest absolute Gasteiger partial charge is 0.225 e. The first-order valence-electron chi connectivity index (χ1n) is 11.8. The second-order valence-corrected chi connectivity index (χ2v) is 10.4. The summed E-state index contributed by atoms with van der Waals surface area (Å²) in [5.74, 6) is 3.28. The molecule has 6 unspecified atom stereocenters. The molecule has 2 amide bonds. The molecule has 3 aliphatic carbocycles. The van der Waals surface area contributed by atoms with Gasteiger partial charge in [-0.15, -0.1) is 0 Å². The third-order valence-electron chi connectivity index (χ3n) is 8.83. The average molecular weight is 405 g/mol. The molecule has 8 atom stereocenters. The molecule has 5 rings (SSSR count). The molecule has 0 radical (unpaired) electrons. The van der Waals surface area contributed by atoms with E-state index in [9.17, 15) is 9.59 Å². The zero-order valence-electron chi connectivity index (χ0n) is 17.8. The van der Waals surface area contributed by atoms with Crippen LogP contribution in [0.3, 0.4) is 0 Å². The first-order valence-corrected chi connectivity index (χ1v) is 11.8. The summed E-state index contributed by atoms with van der Waals surface area (Å²) in [4.78, 5) is 25.8. The molecule has 6 nitrogen and oxygen atoms in total. The lowest BCUT2D eigenvalue weighted by atomic mass is 9.64. The van der Waals surface area contributed by atoms with Crippen LogP contribution >= 0.6 is 0 Å². The Kier molecular flexibility index (Phi) is 5.35. The van der Waals surface area contributed by atoms with E-state index in [1.165, 1.54) is 25.7 Å². The topological polar surface area (TPSA) is 76.7 Å². The van der Waals surface area contributed by atoms with Gasteiger partial charge in [-0.1, -0.05) is 19.8 Å². The first-order chi connectivity index (χ1) is 14.1. The fourth-order valence-electron chi connectivity index (χ4n) is 6.89. The summed E-state index contributed by atoms with van der Waals surface area (Å²) in [7, 11) is 1.70. The van der Waals surface area contributed by atoms with Gasteiger partial charge in [0, 0.05) is 30.8 Å². The van der Waals surface area contributed by atoms with Crippen LogP contribution in [0.25, 0.3) is 0 Å². The minimum absolute atomic E-state index is 0.0166. The number of ether oxygens (including phenoxy) is 2. The van der Waals surface area contributed by atoms with E-state index in [2.05, 4.69) is 17.6 Å². The largest absolute Gasteiger partial charge is 0.381 e. The zero-order chi connectivity index (χ0) is 20.1. The molecule has 0 spiro atoms. The normalized spacial score (nSPS) is 48.5. The summed E-state index contributed by atoms with van der Waals surface area (Å²) in [6.45, 7) is 4.68. The van der Waals surface area contributed by atoms with E-state index >= 15 is 0 Å². The van der Waals surface area contributed by atoms with E-state index in [1.54, 1.807) is 7.05 Å². The van der Waals surface area contributed by atoms with Gasteiger partial charge in [0.05, 0.1) is 31.8 Å². The Balaban J connectivity index is 1.29. The summed E-state index contributed by atoms with van der Waals surface area (Å²) < 4.78 is 11.7. The van der Waals surface area contributed by atoms with E-state index < -0.39 is 0 Å². The average Bonchev–Trinajstić information content (AvgIpc) is 3.09. The van der Waals surface area contributed by atoms with Gasteiger partial charge >= 0.3 is 0 Å². The van der Waals surface area contributed by atoms with Crippen molar-refractivity contribution < 1.29 is 19.1 Å². The second-order valence-electron chi connectivity index (χ2n) is 10.4. The van der Waals surface area contributed by atoms with Crippen LogP contribution in [0.15, 0.2) is 0 Å². The van der Waals surface area contributed by atoms with Crippen LogP contribution in [0.1, 0.15) is 45.4 Å². The van der Waals surface area contributed by atoms with Gasteiger partial charge in [-0.05, 0) is 49.4 Å². The number of fused-ring (bicyclic) bond motifs is 2. The summed E-state index contributed by atoms with van der Waals surface area (Å²) >= 11 is 0. The van der Waals surface area contributed by atoms with E-state index in [4.69, 9.17) is 9.47 Å². The van der Waals surface area contributed by atoms with Crippen LogP contribution in [0, 0.1) is 47.3 Å². The molecule has 2 aliphatic heterocycles. The van der Waals surface area contributed by atoms with Crippen molar-refractivity contribution in [1.29, 1.82) is 0 Å². The lowest BCUT2D eigenvalue weighted by Crippen LogP contribution is -2.49. The maximum absolute atomic E-state index is 13.1. The Morgan fingerprint density at radius 3 is 2.28 bits per heavy atom. The molecule has 5 aliphatic rings. The van der Waals surface area contributed by atoms with Crippen molar-refractivity contribution >= 4 is 11.8 Å². The van der Waals surface area contributed by atoms with Crippen molar-refractivity contribution in [3.8, 4) is 0 Å². The number of hydrogen-bond acceptors (Lipinski definition) is 4. The van der Waals surface area contributed by atoms with Crippen molar-refractivity contribution in [2.75, 3.05) is 26.9 Å². The summed E-state index contributed by atoms with van der Waals surface area (Å²) in [6.07, 6.45) is 6.61. The molecule has 3 saturated carbocycles. The number of carbonyl (C=O) groups is 2. The number of rotatable bonds is 4. The van der Waals surface area contributed by atoms with Crippen molar-refractivity contribution in [3.05, 3.63) is 0 Å². The lowest BCUT2D eigenvalue weighted by Gasteiger charge is -2.40. The quantitative estimate of drug-likeness (QED) is 0.751. The Morgan fingerprint density at radius 1 is 0.862 bits per heavy atom. The lowest BCUT2D eigenvalue weighted by molar-refractivity contribution is -0.137. The third kappa shape index (κ3) is 3.60. The minimum Gasteiger partial charge on any atom is -0.381 e. The van der Waals surface area contributed by atoms with E-state index in [0.29, 0.717) is 42.1 Å². The van der Waals surface area contributed by atoms with Crippen LogP contribution in [0.2, 0.25) is 0 Å². The van der Waals surface area contributed by atoms with Gasteiger partial charge in [0.1, 0.15) is 0 Å². The number of amides is 2. The Hall–Kier alpha value is -1.14. The number of hydrogen-bond donors (Lipinski definition) is 2. The van der Waals surface area contributed by atoms with Crippen molar-refractivity contribution in [2.24, 2.45) is 47.3 Å². The summed E-state index contributed by atoms with van der Waals surface area (Å²) in [5, 5.41) is 6.12. The fraction of sp³-hybridized carbons (Fsp3) is 0.913. The zero-order valence-corrected chi connectivity index (χ0v) is 17.8. The van der Waals surface area contributed by atoms with Crippen molar-refractivity contribution in [2.45, 2.75) is 57.6 Å². The SMILES string of the molecule is CNC(=O)C1CC(C(=O)NC2[C@H]3COC[C@@H]23)CC2C(C3CCC(C)CC3)COC12. The van der Waals surface area contributed by atoms with E-state index in [0.717, 1.165) is 32.2 Å². The van der Waals surface area contributed by atoms with Crippen LogP contribution < -0.4 is 10.6 Å². The molecule has 6 heteroatoms. The molecule has 0 aromatic rings. The summed E-state index contributed by atoms with van der Waals surface area (Å²) in [6, 6.07) is 0.294. The fourth-order valence-corrected chi connectivity index (χ4v) is 6.89. The molecule has 0 bridgehead atoms. The molecule has 29 heavy (non-hydrogen) atoms. The highest BCUT2D eigenvalue weighted by Crippen LogP contribution is 2.50. The maximum Gasteiger partial charge on any atom is 0.225 e. The standard InChI is InChI=1S/C23H36N2O4/c1-12-3-5-13(6-4-12)17-11-29-21-15(17)7-14(8-16(21)23(27)24-2)22(26)25-20-18-9-28-10-19(18)20/h12-21H,3-11H2,1-2H3,(H,24,27)(H,25,26)/t12?,13?,14?,15?,16?,17?,18-,19+,20?,21?. The van der Waals surface area contributed by atoms with Crippen molar-refractivity contribution in [1.82, 2.24) is 10.6 Å². The highest BCUT2D eigenvalue weighted by atomic mass is 16.5. The minimum atomic E-state index is -0.205. The molecule has 2 heterocycles. The Bertz CT molecular complexity index is 637. The van der Waals surface area contributed by atoms with Gasteiger partial charge in [0.15, 0.2) is 0 Å². The van der Waals surface area contributed by atoms with Crippen LogP contribution in [-0.2, 0) is 19.1 Å². The molecule has 5 fully saturated rings. The van der Waals surface area contributed by atoms with E-state index in [-0.39, 0.29) is 29.8 Å². The van der Waals surface area contributed by atoms with Gasteiger partial charge in [-0.25, -0.2) is 0 Å². The van der Waals surface area contributed by atoms with E-state index in [1.807, 2.05) is 0 Å².